The second-order valence-electron chi connectivity index (χ2n) is 2.26. The van der Waals surface area contributed by atoms with Crippen LogP contribution in [0.4, 0.5) is 4.39 Å². The van der Waals surface area contributed by atoms with Gasteiger partial charge in [-0.1, -0.05) is 6.58 Å². The number of methoxy groups -OCH3 is 1. The summed E-state index contributed by atoms with van der Waals surface area (Å²) < 4.78 is 18.1. The quantitative estimate of drug-likeness (QED) is 0.710. The average molecular weight is 231 g/mol. The van der Waals surface area contributed by atoms with Gasteiger partial charge in [0.15, 0.2) is 0 Å². The van der Waals surface area contributed by atoms with E-state index in [4.69, 9.17) is 4.74 Å². The van der Waals surface area contributed by atoms with Gasteiger partial charge in [0.25, 0.3) is 0 Å². The molecule has 0 spiro atoms. The Morgan fingerprint density at radius 2 is 2.25 bits per heavy atom. The lowest BCUT2D eigenvalue weighted by atomic mass is 10.2. The topological polar surface area (TPSA) is 9.23 Å². The van der Waals surface area contributed by atoms with E-state index in [0.29, 0.717) is 10.2 Å². The number of hydrogen-bond donors (Lipinski definition) is 0. The SMILES string of the molecule is C=C(OC)c1ccc(F)c(Br)c1. The van der Waals surface area contributed by atoms with Gasteiger partial charge >= 0.3 is 0 Å². The van der Waals surface area contributed by atoms with E-state index in [1.165, 1.54) is 13.2 Å². The molecule has 12 heavy (non-hydrogen) atoms. The summed E-state index contributed by atoms with van der Waals surface area (Å²) in [4.78, 5) is 0. The van der Waals surface area contributed by atoms with Crippen molar-refractivity contribution in [2.45, 2.75) is 0 Å². The monoisotopic (exact) mass is 230 g/mol. The van der Waals surface area contributed by atoms with E-state index in [1.807, 2.05) is 0 Å². The van der Waals surface area contributed by atoms with Gasteiger partial charge in [0.1, 0.15) is 11.6 Å². The minimum absolute atomic E-state index is 0.289. The van der Waals surface area contributed by atoms with E-state index >= 15 is 0 Å². The fraction of sp³-hybridized carbons (Fsp3) is 0.111. The second-order valence-corrected chi connectivity index (χ2v) is 3.11. The van der Waals surface area contributed by atoms with Crippen molar-refractivity contribution in [3.63, 3.8) is 0 Å². The van der Waals surface area contributed by atoms with E-state index in [2.05, 4.69) is 22.5 Å². The Labute approximate surface area is 79.0 Å². The van der Waals surface area contributed by atoms with Crippen molar-refractivity contribution in [1.82, 2.24) is 0 Å². The maximum atomic E-state index is 12.7. The molecular weight excluding hydrogens is 223 g/mol. The summed E-state index contributed by atoms with van der Waals surface area (Å²) in [7, 11) is 1.53. The van der Waals surface area contributed by atoms with Crippen LogP contribution in [-0.4, -0.2) is 7.11 Å². The van der Waals surface area contributed by atoms with Crippen LogP contribution in [0.25, 0.3) is 5.76 Å². The maximum absolute atomic E-state index is 12.7. The lowest BCUT2D eigenvalue weighted by Crippen LogP contribution is -1.86. The molecule has 1 rings (SSSR count). The third-order valence-electron chi connectivity index (χ3n) is 1.49. The Bertz CT molecular complexity index is 309. The fourth-order valence-electron chi connectivity index (χ4n) is 0.787. The maximum Gasteiger partial charge on any atom is 0.137 e. The van der Waals surface area contributed by atoms with Crippen molar-refractivity contribution in [2.75, 3.05) is 7.11 Å². The lowest BCUT2D eigenvalue weighted by Gasteiger charge is -2.04. The van der Waals surface area contributed by atoms with Crippen LogP contribution >= 0.6 is 15.9 Å². The summed E-state index contributed by atoms with van der Waals surface area (Å²) in [5, 5.41) is 0. The van der Waals surface area contributed by atoms with Crippen LogP contribution in [0, 0.1) is 5.82 Å². The van der Waals surface area contributed by atoms with Crippen LogP contribution in [0.1, 0.15) is 5.56 Å². The number of hydrogen-bond acceptors (Lipinski definition) is 1. The molecular formula is C9H8BrFO. The minimum Gasteiger partial charge on any atom is -0.497 e. The van der Waals surface area contributed by atoms with Gasteiger partial charge in [-0.05, 0) is 34.1 Å². The molecule has 1 aromatic carbocycles. The van der Waals surface area contributed by atoms with E-state index in [0.717, 1.165) is 5.56 Å². The van der Waals surface area contributed by atoms with Crippen LogP contribution < -0.4 is 0 Å². The van der Waals surface area contributed by atoms with Gasteiger partial charge in [-0.2, -0.15) is 0 Å². The first-order valence-electron chi connectivity index (χ1n) is 3.33. The highest BCUT2D eigenvalue weighted by atomic mass is 79.9. The molecule has 0 aliphatic carbocycles. The summed E-state index contributed by atoms with van der Waals surface area (Å²) in [6.07, 6.45) is 0. The molecule has 0 aromatic heterocycles. The number of rotatable bonds is 2. The van der Waals surface area contributed by atoms with Crippen molar-refractivity contribution in [2.24, 2.45) is 0 Å². The van der Waals surface area contributed by atoms with Crippen LogP contribution in [0.15, 0.2) is 29.3 Å². The van der Waals surface area contributed by atoms with Crippen LogP contribution in [0.2, 0.25) is 0 Å². The molecule has 0 aliphatic rings. The summed E-state index contributed by atoms with van der Waals surface area (Å²) >= 11 is 3.07. The zero-order valence-corrected chi connectivity index (χ0v) is 8.19. The third kappa shape index (κ3) is 1.85. The Balaban J connectivity index is 3.05. The molecule has 0 bridgehead atoms. The molecule has 0 saturated heterocycles. The second kappa shape index (κ2) is 3.72. The summed E-state index contributed by atoms with van der Waals surface area (Å²) in [6.45, 7) is 3.65. The molecule has 0 aliphatic heterocycles. The van der Waals surface area contributed by atoms with Crippen LogP contribution in [-0.2, 0) is 4.74 Å². The standard InChI is InChI=1S/C9H8BrFO/c1-6(12-2)7-3-4-9(11)8(10)5-7/h3-5H,1H2,2H3. The third-order valence-corrected chi connectivity index (χ3v) is 2.10. The molecule has 0 saturated carbocycles. The van der Waals surface area contributed by atoms with Crippen molar-refractivity contribution in [1.29, 1.82) is 0 Å². The van der Waals surface area contributed by atoms with Crippen molar-refractivity contribution in [3.05, 3.63) is 40.6 Å². The first kappa shape index (κ1) is 9.26. The van der Waals surface area contributed by atoms with E-state index in [1.54, 1.807) is 12.1 Å². The normalized spacial score (nSPS) is 9.58. The molecule has 0 amide bonds. The summed E-state index contributed by atoms with van der Waals surface area (Å²) in [5.41, 5.74) is 0.769. The Morgan fingerprint density at radius 1 is 1.58 bits per heavy atom. The first-order valence-corrected chi connectivity index (χ1v) is 4.12. The van der Waals surface area contributed by atoms with Crippen LogP contribution in [0.3, 0.4) is 0 Å². The zero-order valence-electron chi connectivity index (χ0n) is 6.60. The van der Waals surface area contributed by atoms with Gasteiger partial charge in [-0.15, -0.1) is 0 Å². The van der Waals surface area contributed by atoms with E-state index < -0.39 is 0 Å². The molecule has 3 heteroatoms. The Kier molecular flexibility index (Phi) is 2.87. The highest BCUT2D eigenvalue weighted by Crippen LogP contribution is 2.21. The van der Waals surface area contributed by atoms with Gasteiger partial charge in [-0.25, -0.2) is 4.39 Å². The molecule has 1 nitrogen and oxygen atoms in total. The molecule has 0 fully saturated rings. The van der Waals surface area contributed by atoms with E-state index in [-0.39, 0.29) is 5.82 Å². The summed E-state index contributed by atoms with van der Waals surface area (Å²) in [5.74, 6) is 0.235. The molecule has 0 radical (unpaired) electrons. The predicted molar refractivity (Wildman–Crippen MR) is 50.1 cm³/mol. The van der Waals surface area contributed by atoms with Crippen LogP contribution in [0.5, 0.6) is 0 Å². The number of benzene rings is 1. The molecule has 1 aromatic rings. The van der Waals surface area contributed by atoms with Crippen molar-refractivity contribution < 1.29 is 9.13 Å². The van der Waals surface area contributed by atoms with Gasteiger partial charge in [0, 0.05) is 5.56 Å². The smallest absolute Gasteiger partial charge is 0.137 e. The lowest BCUT2D eigenvalue weighted by molar-refractivity contribution is 0.371. The Hall–Kier alpha value is -0.830. The highest BCUT2D eigenvalue weighted by Gasteiger charge is 2.02. The molecule has 0 unspecified atom stereocenters. The van der Waals surface area contributed by atoms with Gasteiger partial charge in [-0.3, -0.25) is 0 Å². The van der Waals surface area contributed by atoms with Crippen molar-refractivity contribution in [3.8, 4) is 0 Å². The average Bonchev–Trinajstić information content (AvgIpc) is 2.08. The minimum atomic E-state index is -0.289. The summed E-state index contributed by atoms with van der Waals surface area (Å²) in [6, 6.07) is 4.61. The van der Waals surface area contributed by atoms with E-state index in [9.17, 15) is 4.39 Å². The first-order chi connectivity index (χ1) is 5.65. The van der Waals surface area contributed by atoms with Crippen molar-refractivity contribution >= 4 is 21.7 Å². The van der Waals surface area contributed by atoms with Gasteiger partial charge < -0.3 is 4.74 Å². The zero-order chi connectivity index (χ0) is 9.14. The largest absolute Gasteiger partial charge is 0.497 e. The molecule has 64 valence electrons. The van der Waals surface area contributed by atoms with Gasteiger partial charge in [0.2, 0.25) is 0 Å². The molecule has 0 atom stereocenters. The molecule has 0 N–H and O–H groups in total. The van der Waals surface area contributed by atoms with Gasteiger partial charge in [0.05, 0.1) is 11.6 Å². The Morgan fingerprint density at radius 3 is 2.75 bits per heavy atom. The number of halogens is 2. The molecule has 0 heterocycles. The predicted octanol–water partition coefficient (Wildman–Crippen LogP) is 3.21. The highest BCUT2D eigenvalue weighted by molar-refractivity contribution is 9.10. The fourth-order valence-corrected chi connectivity index (χ4v) is 1.17. The number of ether oxygens (including phenoxy) is 1.